The van der Waals surface area contributed by atoms with Crippen molar-refractivity contribution in [2.75, 3.05) is 33.3 Å². The summed E-state index contributed by atoms with van der Waals surface area (Å²) < 4.78 is 17.9. The van der Waals surface area contributed by atoms with E-state index in [-0.39, 0.29) is 18.6 Å². The van der Waals surface area contributed by atoms with Crippen molar-refractivity contribution < 1.29 is 19.0 Å². The third-order valence-corrected chi connectivity index (χ3v) is 4.84. The second-order valence-electron chi connectivity index (χ2n) is 6.80. The Morgan fingerprint density at radius 2 is 1.77 bits per heavy atom. The van der Waals surface area contributed by atoms with Gasteiger partial charge in [0.25, 0.3) is 5.56 Å². The van der Waals surface area contributed by atoms with E-state index in [1.165, 1.54) is 18.8 Å². The molecule has 1 amide bonds. The molecule has 3 aromatic rings. The molecule has 1 N–H and O–H groups in total. The number of carbonyl (C=O) groups is 1. The number of para-hydroxylation sites is 1. The normalized spacial score (nSPS) is 10.8. The molecular weight excluding hydrogens is 402 g/mol. The van der Waals surface area contributed by atoms with Crippen molar-refractivity contribution in [3.63, 3.8) is 0 Å². The Bertz CT molecular complexity index is 1200. The van der Waals surface area contributed by atoms with E-state index in [1.54, 1.807) is 49.6 Å². The van der Waals surface area contributed by atoms with Crippen molar-refractivity contribution in [1.82, 2.24) is 9.13 Å². The van der Waals surface area contributed by atoms with Crippen LogP contribution in [-0.2, 0) is 22.6 Å². The first-order valence-corrected chi connectivity index (χ1v) is 9.73. The van der Waals surface area contributed by atoms with Gasteiger partial charge in [0.15, 0.2) is 0 Å². The van der Waals surface area contributed by atoms with Crippen molar-refractivity contribution >= 4 is 22.5 Å². The first-order chi connectivity index (χ1) is 15.0. The van der Waals surface area contributed by atoms with Crippen molar-refractivity contribution in [2.24, 2.45) is 0 Å². The molecule has 0 saturated heterocycles. The second-order valence-corrected chi connectivity index (χ2v) is 6.80. The van der Waals surface area contributed by atoms with E-state index in [0.717, 1.165) is 4.57 Å². The van der Waals surface area contributed by atoms with Crippen molar-refractivity contribution in [3.8, 4) is 11.5 Å². The molecule has 0 bridgehead atoms. The maximum Gasteiger partial charge on any atom is 0.331 e. The highest BCUT2D eigenvalue weighted by molar-refractivity contribution is 5.93. The maximum atomic E-state index is 13.1. The van der Waals surface area contributed by atoms with E-state index in [9.17, 15) is 14.4 Å². The molecule has 164 valence electrons. The number of benzene rings is 2. The average Bonchev–Trinajstić information content (AvgIpc) is 2.79. The number of carbonyl (C=O) groups excluding carboxylic acids is 1. The van der Waals surface area contributed by atoms with Crippen LogP contribution in [-0.4, -0.2) is 43.0 Å². The van der Waals surface area contributed by atoms with E-state index in [4.69, 9.17) is 14.2 Å². The van der Waals surface area contributed by atoms with Crippen LogP contribution in [0.15, 0.2) is 52.1 Å². The van der Waals surface area contributed by atoms with Gasteiger partial charge in [0.2, 0.25) is 5.91 Å². The summed E-state index contributed by atoms with van der Waals surface area (Å²) in [5, 5.41) is 3.12. The zero-order chi connectivity index (χ0) is 22.4. The number of nitrogens with zero attached hydrogens (tertiary/aromatic N) is 2. The number of hydrogen-bond donors (Lipinski definition) is 1. The highest BCUT2D eigenvalue weighted by atomic mass is 16.5. The molecule has 1 aromatic heterocycles. The predicted octanol–water partition coefficient (Wildman–Crippen LogP) is 1.86. The Balaban J connectivity index is 1.98. The Labute approximate surface area is 178 Å². The van der Waals surface area contributed by atoms with Crippen LogP contribution >= 0.6 is 0 Å². The van der Waals surface area contributed by atoms with E-state index in [1.807, 2.05) is 0 Å². The number of rotatable bonds is 9. The van der Waals surface area contributed by atoms with Gasteiger partial charge in [0.1, 0.15) is 18.0 Å². The highest BCUT2D eigenvalue weighted by Crippen LogP contribution is 2.28. The van der Waals surface area contributed by atoms with Crippen LogP contribution in [0.5, 0.6) is 11.5 Å². The van der Waals surface area contributed by atoms with Gasteiger partial charge >= 0.3 is 5.69 Å². The molecule has 31 heavy (non-hydrogen) atoms. The minimum atomic E-state index is -0.549. The molecule has 0 atom stereocenters. The Morgan fingerprint density at radius 3 is 2.48 bits per heavy atom. The summed E-state index contributed by atoms with van der Waals surface area (Å²) >= 11 is 0. The summed E-state index contributed by atoms with van der Waals surface area (Å²) in [5.41, 5.74) is -0.124. The molecule has 0 aliphatic carbocycles. The van der Waals surface area contributed by atoms with Crippen molar-refractivity contribution in [3.05, 3.63) is 63.3 Å². The quantitative estimate of drug-likeness (QED) is 0.523. The molecule has 9 nitrogen and oxygen atoms in total. The lowest BCUT2D eigenvalue weighted by molar-refractivity contribution is -0.116. The lowest BCUT2D eigenvalue weighted by Gasteiger charge is -2.15. The summed E-state index contributed by atoms with van der Waals surface area (Å²) in [4.78, 5) is 38.7. The molecule has 0 aliphatic heterocycles. The number of ether oxygens (including phenoxy) is 3. The summed E-state index contributed by atoms with van der Waals surface area (Å²) in [6, 6.07) is 11.7. The van der Waals surface area contributed by atoms with E-state index in [2.05, 4.69) is 5.32 Å². The zero-order valence-corrected chi connectivity index (χ0v) is 17.7. The fraction of sp³-hybridized carbons (Fsp3) is 0.318. The molecule has 1 heterocycles. The maximum absolute atomic E-state index is 13.1. The SMILES string of the molecule is COCCCn1c(=O)c2ccccc2n(CC(=O)Nc2cc(OC)ccc2OC)c1=O. The average molecular weight is 427 g/mol. The molecule has 0 fully saturated rings. The fourth-order valence-electron chi connectivity index (χ4n) is 3.33. The molecule has 9 heteroatoms. The van der Waals surface area contributed by atoms with Crippen LogP contribution in [0.1, 0.15) is 6.42 Å². The van der Waals surface area contributed by atoms with E-state index >= 15 is 0 Å². The van der Waals surface area contributed by atoms with E-state index < -0.39 is 11.6 Å². The highest BCUT2D eigenvalue weighted by Gasteiger charge is 2.16. The summed E-state index contributed by atoms with van der Waals surface area (Å²) in [6.45, 7) is 0.334. The van der Waals surface area contributed by atoms with Gasteiger partial charge in [-0.05, 0) is 30.7 Å². The predicted molar refractivity (Wildman–Crippen MR) is 117 cm³/mol. The number of aromatic nitrogens is 2. The van der Waals surface area contributed by atoms with Gasteiger partial charge in [-0.25, -0.2) is 4.79 Å². The number of fused-ring (bicyclic) bond motifs is 1. The first-order valence-electron chi connectivity index (χ1n) is 9.73. The van der Waals surface area contributed by atoms with Crippen LogP contribution in [0, 0.1) is 0 Å². The Morgan fingerprint density at radius 1 is 1.00 bits per heavy atom. The molecule has 3 rings (SSSR count). The standard InChI is InChI=1S/C22H25N3O6/c1-29-12-6-11-24-21(27)16-7-4-5-8-18(16)25(22(24)28)14-20(26)23-17-13-15(30-2)9-10-19(17)31-3/h4-5,7-10,13H,6,11-12,14H2,1-3H3,(H,23,26). The number of anilines is 1. The second kappa shape index (κ2) is 9.94. The minimum absolute atomic E-state index is 0.196. The van der Waals surface area contributed by atoms with Crippen LogP contribution in [0.3, 0.4) is 0 Å². The molecular formula is C22H25N3O6. The molecule has 0 aliphatic rings. The number of amides is 1. The first kappa shape index (κ1) is 22.1. The third kappa shape index (κ3) is 4.77. The minimum Gasteiger partial charge on any atom is -0.497 e. The number of methoxy groups -OCH3 is 3. The fourth-order valence-corrected chi connectivity index (χ4v) is 3.33. The Hall–Kier alpha value is -3.59. The van der Waals surface area contributed by atoms with Crippen LogP contribution in [0.25, 0.3) is 10.9 Å². The van der Waals surface area contributed by atoms with Gasteiger partial charge in [0.05, 0.1) is 30.8 Å². The van der Waals surface area contributed by atoms with Crippen LogP contribution in [0.4, 0.5) is 5.69 Å². The smallest absolute Gasteiger partial charge is 0.331 e. The Kier molecular flexibility index (Phi) is 7.09. The van der Waals surface area contributed by atoms with Gasteiger partial charge in [-0.1, -0.05) is 12.1 Å². The van der Waals surface area contributed by atoms with Crippen molar-refractivity contribution in [1.29, 1.82) is 0 Å². The largest absolute Gasteiger partial charge is 0.497 e. The molecule has 0 spiro atoms. The third-order valence-electron chi connectivity index (χ3n) is 4.84. The lowest BCUT2D eigenvalue weighted by Crippen LogP contribution is -2.42. The van der Waals surface area contributed by atoms with Crippen LogP contribution < -0.4 is 26.0 Å². The van der Waals surface area contributed by atoms with Gasteiger partial charge in [-0.15, -0.1) is 0 Å². The topological polar surface area (TPSA) is 101 Å². The number of hydrogen-bond acceptors (Lipinski definition) is 6. The molecule has 2 aromatic carbocycles. The lowest BCUT2D eigenvalue weighted by atomic mass is 10.2. The molecule has 0 radical (unpaired) electrons. The molecule has 0 saturated carbocycles. The summed E-state index contributed by atoms with van der Waals surface area (Å²) in [5.74, 6) is 0.558. The zero-order valence-electron chi connectivity index (χ0n) is 17.7. The van der Waals surface area contributed by atoms with Gasteiger partial charge < -0.3 is 19.5 Å². The summed E-state index contributed by atoms with van der Waals surface area (Å²) in [6.07, 6.45) is 0.497. The van der Waals surface area contributed by atoms with Crippen LogP contribution in [0.2, 0.25) is 0 Å². The molecule has 0 unspecified atom stereocenters. The number of nitrogens with one attached hydrogen (secondary N) is 1. The van der Waals surface area contributed by atoms with Gasteiger partial charge in [-0.2, -0.15) is 0 Å². The van der Waals surface area contributed by atoms with Gasteiger partial charge in [0, 0.05) is 26.3 Å². The summed E-state index contributed by atoms with van der Waals surface area (Å²) in [7, 11) is 4.57. The van der Waals surface area contributed by atoms with Crippen molar-refractivity contribution in [2.45, 2.75) is 19.5 Å². The monoisotopic (exact) mass is 427 g/mol. The van der Waals surface area contributed by atoms with Gasteiger partial charge in [-0.3, -0.25) is 18.7 Å². The van der Waals surface area contributed by atoms with E-state index in [0.29, 0.717) is 41.1 Å².